The van der Waals surface area contributed by atoms with Gasteiger partial charge in [-0.15, -0.1) is 0 Å². The first-order valence-electron chi connectivity index (χ1n) is 9.65. The first kappa shape index (κ1) is 18.9. The number of aromatic nitrogens is 2. The molecule has 9 nitrogen and oxygen atoms in total. The molecule has 2 saturated heterocycles. The molecule has 28 heavy (non-hydrogen) atoms. The molecule has 2 aromatic rings. The fraction of sp³-hybridized carbons (Fsp3) is 0.526. The van der Waals surface area contributed by atoms with Gasteiger partial charge in [0.2, 0.25) is 5.82 Å². The van der Waals surface area contributed by atoms with Gasteiger partial charge in [0.05, 0.1) is 26.4 Å². The molecule has 2 aliphatic heterocycles. The first-order valence-corrected chi connectivity index (χ1v) is 9.65. The van der Waals surface area contributed by atoms with Crippen LogP contribution in [0, 0.1) is 0 Å². The summed E-state index contributed by atoms with van der Waals surface area (Å²) < 4.78 is 15.8. The summed E-state index contributed by atoms with van der Waals surface area (Å²) >= 11 is 0. The van der Waals surface area contributed by atoms with E-state index in [1.165, 1.54) is 0 Å². The number of benzene rings is 1. The predicted octanol–water partition coefficient (Wildman–Crippen LogP) is 0.635. The predicted molar refractivity (Wildman–Crippen MR) is 102 cm³/mol. The second-order valence-electron chi connectivity index (χ2n) is 6.78. The molecule has 0 atom stereocenters. The molecule has 0 aliphatic carbocycles. The summed E-state index contributed by atoms with van der Waals surface area (Å²) in [6.07, 6.45) is 0. The van der Waals surface area contributed by atoms with Gasteiger partial charge in [0.15, 0.2) is 0 Å². The van der Waals surface area contributed by atoms with Crippen molar-refractivity contribution in [2.24, 2.45) is 0 Å². The van der Waals surface area contributed by atoms with E-state index in [1.54, 1.807) is 0 Å². The SMILES string of the molecule is O=C(NCCN1CCOCC1)c1nc(-c2ccc(N3CCOCC3)cc2)no1. The summed E-state index contributed by atoms with van der Waals surface area (Å²) in [6.45, 7) is 7.84. The van der Waals surface area contributed by atoms with Crippen molar-refractivity contribution in [3.63, 3.8) is 0 Å². The highest BCUT2D eigenvalue weighted by molar-refractivity contribution is 5.89. The molecule has 0 spiro atoms. The average Bonchev–Trinajstić information content (AvgIpc) is 3.26. The average molecular weight is 387 g/mol. The highest BCUT2D eigenvalue weighted by Crippen LogP contribution is 2.22. The lowest BCUT2D eigenvalue weighted by Crippen LogP contribution is -2.41. The lowest BCUT2D eigenvalue weighted by molar-refractivity contribution is 0.0382. The van der Waals surface area contributed by atoms with Crippen LogP contribution in [0.5, 0.6) is 0 Å². The number of carbonyl (C=O) groups excluding carboxylic acids is 1. The van der Waals surface area contributed by atoms with Gasteiger partial charge in [-0.05, 0) is 24.3 Å². The van der Waals surface area contributed by atoms with Gasteiger partial charge in [-0.2, -0.15) is 4.98 Å². The Kier molecular flexibility index (Phi) is 6.15. The number of morpholine rings is 2. The molecule has 2 aliphatic rings. The van der Waals surface area contributed by atoms with E-state index >= 15 is 0 Å². The molecule has 3 heterocycles. The number of rotatable bonds is 6. The van der Waals surface area contributed by atoms with Crippen LogP contribution < -0.4 is 10.2 Å². The highest BCUT2D eigenvalue weighted by Gasteiger charge is 2.17. The monoisotopic (exact) mass is 387 g/mol. The van der Waals surface area contributed by atoms with E-state index in [0.29, 0.717) is 12.4 Å². The molecule has 150 valence electrons. The van der Waals surface area contributed by atoms with Gasteiger partial charge in [0.1, 0.15) is 0 Å². The highest BCUT2D eigenvalue weighted by atomic mass is 16.5. The van der Waals surface area contributed by atoms with Crippen molar-refractivity contribution in [3.8, 4) is 11.4 Å². The Balaban J connectivity index is 1.31. The van der Waals surface area contributed by atoms with Crippen molar-refractivity contribution in [1.82, 2.24) is 20.4 Å². The largest absolute Gasteiger partial charge is 0.379 e. The molecule has 0 bridgehead atoms. The van der Waals surface area contributed by atoms with Gasteiger partial charge in [0, 0.05) is 50.5 Å². The maximum atomic E-state index is 12.2. The molecule has 9 heteroatoms. The molecule has 1 aromatic carbocycles. The van der Waals surface area contributed by atoms with Crippen LogP contribution in [-0.2, 0) is 9.47 Å². The van der Waals surface area contributed by atoms with Crippen molar-refractivity contribution in [2.75, 3.05) is 70.6 Å². The minimum absolute atomic E-state index is 0.0192. The van der Waals surface area contributed by atoms with Gasteiger partial charge < -0.3 is 24.2 Å². The van der Waals surface area contributed by atoms with Crippen LogP contribution in [0.1, 0.15) is 10.7 Å². The van der Waals surface area contributed by atoms with Crippen LogP contribution in [0.15, 0.2) is 28.8 Å². The molecule has 1 N–H and O–H groups in total. The lowest BCUT2D eigenvalue weighted by atomic mass is 10.2. The van der Waals surface area contributed by atoms with E-state index in [2.05, 4.69) is 25.3 Å². The Bertz CT molecular complexity index is 767. The summed E-state index contributed by atoms with van der Waals surface area (Å²) in [4.78, 5) is 21.0. The second kappa shape index (κ2) is 9.13. The van der Waals surface area contributed by atoms with E-state index in [9.17, 15) is 4.79 Å². The first-order chi connectivity index (χ1) is 13.8. The van der Waals surface area contributed by atoms with Gasteiger partial charge >= 0.3 is 11.8 Å². The minimum Gasteiger partial charge on any atom is -0.379 e. The number of nitrogens with zero attached hydrogens (tertiary/aromatic N) is 4. The van der Waals surface area contributed by atoms with Crippen LogP contribution in [0.25, 0.3) is 11.4 Å². The van der Waals surface area contributed by atoms with Crippen LogP contribution in [-0.4, -0.2) is 86.6 Å². The van der Waals surface area contributed by atoms with Crippen LogP contribution in [0.4, 0.5) is 5.69 Å². The molecular formula is C19H25N5O4. The number of hydrogen-bond donors (Lipinski definition) is 1. The maximum absolute atomic E-state index is 12.2. The van der Waals surface area contributed by atoms with E-state index < -0.39 is 0 Å². The number of ether oxygens (including phenoxy) is 2. The Hall–Kier alpha value is -2.49. The quantitative estimate of drug-likeness (QED) is 0.772. The van der Waals surface area contributed by atoms with Crippen LogP contribution >= 0.6 is 0 Å². The van der Waals surface area contributed by atoms with Crippen molar-refractivity contribution < 1.29 is 18.8 Å². The molecule has 0 saturated carbocycles. The third-order valence-electron chi connectivity index (χ3n) is 4.94. The summed E-state index contributed by atoms with van der Waals surface area (Å²) in [5.41, 5.74) is 1.95. The van der Waals surface area contributed by atoms with Gasteiger partial charge in [-0.1, -0.05) is 5.16 Å². The summed E-state index contributed by atoms with van der Waals surface area (Å²) in [5, 5.41) is 6.77. The zero-order chi connectivity index (χ0) is 19.2. The fourth-order valence-corrected chi connectivity index (χ4v) is 3.30. The van der Waals surface area contributed by atoms with Crippen LogP contribution in [0.2, 0.25) is 0 Å². The third kappa shape index (κ3) is 4.67. The summed E-state index contributed by atoms with van der Waals surface area (Å²) in [6, 6.07) is 7.93. The molecule has 0 unspecified atom stereocenters. The molecule has 2 fully saturated rings. The number of hydrogen-bond acceptors (Lipinski definition) is 8. The molecular weight excluding hydrogens is 362 g/mol. The van der Waals surface area contributed by atoms with Crippen molar-refractivity contribution in [3.05, 3.63) is 30.2 Å². The van der Waals surface area contributed by atoms with E-state index in [1.807, 2.05) is 24.3 Å². The molecule has 1 aromatic heterocycles. The van der Waals surface area contributed by atoms with Crippen molar-refractivity contribution in [1.29, 1.82) is 0 Å². The number of anilines is 1. The minimum atomic E-state index is -0.350. The zero-order valence-electron chi connectivity index (χ0n) is 15.8. The van der Waals surface area contributed by atoms with E-state index in [4.69, 9.17) is 14.0 Å². The van der Waals surface area contributed by atoms with E-state index in [-0.39, 0.29) is 11.8 Å². The number of amides is 1. The van der Waals surface area contributed by atoms with Gasteiger partial charge in [-0.25, -0.2) is 0 Å². The summed E-state index contributed by atoms with van der Waals surface area (Å²) in [7, 11) is 0. The maximum Gasteiger partial charge on any atom is 0.316 e. The topological polar surface area (TPSA) is 93.0 Å². The molecule has 4 rings (SSSR count). The Morgan fingerprint density at radius 2 is 1.68 bits per heavy atom. The van der Waals surface area contributed by atoms with Gasteiger partial charge in [0.25, 0.3) is 0 Å². The van der Waals surface area contributed by atoms with E-state index in [0.717, 1.165) is 70.4 Å². The normalized spacial score (nSPS) is 18.2. The summed E-state index contributed by atoms with van der Waals surface area (Å²) in [5.74, 6) is 0.0398. The fourth-order valence-electron chi connectivity index (χ4n) is 3.30. The van der Waals surface area contributed by atoms with Crippen LogP contribution in [0.3, 0.4) is 0 Å². The van der Waals surface area contributed by atoms with Crippen molar-refractivity contribution in [2.45, 2.75) is 0 Å². The zero-order valence-corrected chi connectivity index (χ0v) is 15.8. The number of nitrogens with one attached hydrogen (secondary N) is 1. The van der Waals surface area contributed by atoms with Crippen molar-refractivity contribution >= 4 is 11.6 Å². The Labute approximate surface area is 163 Å². The third-order valence-corrected chi connectivity index (χ3v) is 4.94. The molecule has 1 amide bonds. The number of carbonyl (C=O) groups is 1. The Morgan fingerprint density at radius 3 is 2.39 bits per heavy atom. The standard InChI is InChI=1S/C19H25N5O4/c25-18(20-5-6-23-7-11-26-12-8-23)19-21-17(22-28-19)15-1-3-16(4-2-15)24-9-13-27-14-10-24/h1-4H,5-14H2,(H,20,25). The molecule has 0 radical (unpaired) electrons. The smallest absolute Gasteiger partial charge is 0.316 e. The second-order valence-corrected chi connectivity index (χ2v) is 6.78. The Morgan fingerprint density at radius 1 is 1.00 bits per heavy atom. The van der Waals surface area contributed by atoms with Gasteiger partial charge in [-0.3, -0.25) is 9.69 Å². The lowest BCUT2D eigenvalue weighted by Gasteiger charge is -2.28.